The summed E-state index contributed by atoms with van der Waals surface area (Å²) in [6.45, 7) is 0. The summed E-state index contributed by atoms with van der Waals surface area (Å²) in [5.41, 5.74) is 14.4. The Morgan fingerprint density at radius 1 is 0.281 bits per heavy atom. The zero-order chi connectivity index (χ0) is 37.5. The smallest absolute Gasteiger partial charge is 0.0619 e. The summed E-state index contributed by atoms with van der Waals surface area (Å²) in [7, 11) is 0. The van der Waals surface area contributed by atoms with Gasteiger partial charge in [-0.15, -0.1) is 11.3 Å². The fraction of sp³-hybridized carbons (Fsp3) is 0. The largest absolute Gasteiger partial charge is 0.309 e. The van der Waals surface area contributed by atoms with Crippen molar-refractivity contribution in [2.75, 3.05) is 0 Å². The molecule has 0 saturated heterocycles. The lowest BCUT2D eigenvalue weighted by Gasteiger charge is -2.13. The highest BCUT2D eigenvalue weighted by atomic mass is 32.1. The molecule has 0 unspecified atom stereocenters. The molecular formula is C54H34N2S. The molecule has 3 heteroatoms. The van der Waals surface area contributed by atoms with Gasteiger partial charge in [0.25, 0.3) is 0 Å². The highest BCUT2D eigenvalue weighted by molar-refractivity contribution is 7.25. The lowest BCUT2D eigenvalue weighted by atomic mass is 9.99. The SMILES string of the molecule is c1ccc(-c2ccc(-n3c4ccc(-c5ccc6c(c5)c5ccccc5n6-c5ccc6sc7ccccc7c6c5)cc4c4cccc(-c5ccccc5)c43)cc2)cc1. The number of thiophene rings is 1. The first kappa shape index (κ1) is 32.1. The van der Waals surface area contributed by atoms with Crippen LogP contribution in [0, 0.1) is 0 Å². The molecule has 0 spiro atoms. The van der Waals surface area contributed by atoms with E-state index in [1.54, 1.807) is 0 Å². The molecule has 0 saturated carbocycles. The van der Waals surface area contributed by atoms with Crippen molar-refractivity contribution in [3.05, 3.63) is 206 Å². The first-order valence-electron chi connectivity index (χ1n) is 19.5. The van der Waals surface area contributed by atoms with Gasteiger partial charge in [0.15, 0.2) is 0 Å². The number of hydrogen-bond acceptors (Lipinski definition) is 1. The highest BCUT2D eigenvalue weighted by Gasteiger charge is 2.19. The van der Waals surface area contributed by atoms with E-state index in [0.29, 0.717) is 0 Å². The van der Waals surface area contributed by atoms with Gasteiger partial charge in [0, 0.05) is 58.7 Å². The van der Waals surface area contributed by atoms with Gasteiger partial charge < -0.3 is 9.13 Å². The van der Waals surface area contributed by atoms with Crippen LogP contribution in [0.15, 0.2) is 206 Å². The maximum atomic E-state index is 2.45. The van der Waals surface area contributed by atoms with Gasteiger partial charge in [-0.3, -0.25) is 0 Å². The minimum Gasteiger partial charge on any atom is -0.309 e. The molecule has 0 aliphatic carbocycles. The van der Waals surface area contributed by atoms with E-state index in [2.05, 4.69) is 215 Å². The first-order valence-corrected chi connectivity index (χ1v) is 20.3. The Morgan fingerprint density at radius 2 is 0.825 bits per heavy atom. The fourth-order valence-corrected chi connectivity index (χ4v) is 10.2. The van der Waals surface area contributed by atoms with Gasteiger partial charge in [-0.1, -0.05) is 140 Å². The molecule has 3 heterocycles. The average molecular weight is 743 g/mol. The molecule has 0 atom stereocenters. The molecule has 0 aliphatic heterocycles. The minimum atomic E-state index is 1.15. The number of nitrogens with zero attached hydrogens (tertiary/aromatic N) is 2. The first-order chi connectivity index (χ1) is 28.3. The summed E-state index contributed by atoms with van der Waals surface area (Å²) in [5, 5.41) is 7.63. The van der Waals surface area contributed by atoms with Crippen molar-refractivity contribution in [1.29, 1.82) is 0 Å². The molecule has 0 bridgehead atoms. The summed E-state index contributed by atoms with van der Waals surface area (Å²) in [6.07, 6.45) is 0. The Hall–Kier alpha value is -7.20. The molecule has 12 aromatic rings. The number of rotatable bonds is 5. The van der Waals surface area contributed by atoms with E-state index < -0.39 is 0 Å². The van der Waals surface area contributed by atoms with Crippen LogP contribution >= 0.6 is 11.3 Å². The number of hydrogen-bond donors (Lipinski definition) is 0. The van der Waals surface area contributed by atoms with Crippen molar-refractivity contribution >= 4 is 75.1 Å². The van der Waals surface area contributed by atoms with E-state index in [-0.39, 0.29) is 0 Å². The van der Waals surface area contributed by atoms with Gasteiger partial charge in [0.05, 0.1) is 22.1 Å². The summed E-state index contributed by atoms with van der Waals surface area (Å²) in [4.78, 5) is 0. The van der Waals surface area contributed by atoms with Crippen LogP contribution in [-0.2, 0) is 0 Å². The molecule has 9 aromatic carbocycles. The summed E-state index contributed by atoms with van der Waals surface area (Å²) in [5.74, 6) is 0. The van der Waals surface area contributed by atoms with Crippen LogP contribution in [0.3, 0.4) is 0 Å². The second-order valence-corrected chi connectivity index (χ2v) is 16.0. The van der Waals surface area contributed by atoms with Gasteiger partial charge in [-0.25, -0.2) is 0 Å². The Kier molecular flexibility index (Phi) is 7.13. The minimum absolute atomic E-state index is 1.15. The van der Waals surface area contributed by atoms with Crippen molar-refractivity contribution in [3.63, 3.8) is 0 Å². The van der Waals surface area contributed by atoms with Crippen LogP contribution in [0.1, 0.15) is 0 Å². The van der Waals surface area contributed by atoms with Crippen molar-refractivity contribution in [2.24, 2.45) is 0 Å². The summed E-state index contributed by atoms with van der Waals surface area (Å²) in [6, 6.07) is 75.7. The van der Waals surface area contributed by atoms with Crippen LogP contribution in [0.25, 0.3) is 109 Å². The Bertz CT molecular complexity index is 3490. The van der Waals surface area contributed by atoms with Crippen molar-refractivity contribution in [1.82, 2.24) is 9.13 Å². The van der Waals surface area contributed by atoms with E-state index in [1.807, 2.05) is 11.3 Å². The molecule has 3 aromatic heterocycles. The van der Waals surface area contributed by atoms with Crippen LogP contribution in [-0.4, -0.2) is 9.13 Å². The molecule has 0 N–H and O–H groups in total. The third kappa shape index (κ3) is 5.03. The normalized spacial score (nSPS) is 11.9. The number of para-hydroxylation sites is 2. The van der Waals surface area contributed by atoms with Crippen LogP contribution in [0.5, 0.6) is 0 Å². The fourth-order valence-electron chi connectivity index (χ4n) is 9.08. The predicted octanol–water partition coefficient (Wildman–Crippen LogP) is 15.2. The van der Waals surface area contributed by atoms with E-state index in [4.69, 9.17) is 0 Å². The molecule has 0 aliphatic rings. The van der Waals surface area contributed by atoms with Gasteiger partial charge >= 0.3 is 0 Å². The lowest BCUT2D eigenvalue weighted by molar-refractivity contribution is 1.18. The average Bonchev–Trinajstić information content (AvgIpc) is 3.94. The second kappa shape index (κ2) is 12.7. The summed E-state index contributed by atoms with van der Waals surface area (Å²) >= 11 is 1.86. The molecule has 0 amide bonds. The quantitative estimate of drug-likeness (QED) is 0.166. The standard InChI is InChI=1S/C54H34N2S/c1-3-12-35(13-4-1)36-22-26-40(27-23-36)56-51-30-25-39(33-47(51)45-19-11-18-42(54(45)56)37-14-5-2-6-15-37)38-24-29-50-46(32-38)43-16-7-9-20-49(43)55(50)41-28-31-53-48(34-41)44-17-8-10-21-52(44)57-53/h1-34H. The molecule has 266 valence electrons. The monoisotopic (exact) mass is 742 g/mol. The van der Waals surface area contributed by atoms with Gasteiger partial charge in [-0.2, -0.15) is 0 Å². The number of aromatic nitrogens is 2. The topological polar surface area (TPSA) is 9.86 Å². The van der Waals surface area contributed by atoms with Crippen molar-refractivity contribution < 1.29 is 0 Å². The van der Waals surface area contributed by atoms with Crippen LogP contribution < -0.4 is 0 Å². The second-order valence-electron chi connectivity index (χ2n) is 14.9. The van der Waals surface area contributed by atoms with Crippen LogP contribution in [0.2, 0.25) is 0 Å². The van der Waals surface area contributed by atoms with E-state index in [9.17, 15) is 0 Å². The third-order valence-electron chi connectivity index (χ3n) is 11.7. The van der Waals surface area contributed by atoms with E-state index >= 15 is 0 Å². The lowest BCUT2D eigenvalue weighted by Crippen LogP contribution is -1.95. The molecule has 57 heavy (non-hydrogen) atoms. The summed E-state index contributed by atoms with van der Waals surface area (Å²) < 4.78 is 7.54. The maximum absolute atomic E-state index is 2.45. The predicted molar refractivity (Wildman–Crippen MR) is 244 cm³/mol. The third-order valence-corrected chi connectivity index (χ3v) is 12.9. The van der Waals surface area contributed by atoms with Crippen molar-refractivity contribution in [2.45, 2.75) is 0 Å². The molecule has 12 rings (SSSR count). The molecule has 0 radical (unpaired) electrons. The van der Waals surface area contributed by atoms with Crippen molar-refractivity contribution in [3.8, 4) is 44.8 Å². The van der Waals surface area contributed by atoms with E-state index in [0.717, 1.165) is 5.69 Å². The Labute approximate surface area is 333 Å². The molecular weight excluding hydrogens is 709 g/mol. The zero-order valence-corrected chi connectivity index (χ0v) is 31.7. The Morgan fingerprint density at radius 3 is 1.60 bits per heavy atom. The Balaban J connectivity index is 1.04. The molecule has 2 nitrogen and oxygen atoms in total. The maximum Gasteiger partial charge on any atom is 0.0619 e. The number of benzene rings is 9. The van der Waals surface area contributed by atoms with Gasteiger partial charge in [0.1, 0.15) is 0 Å². The van der Waals surface area contributed by atoms with E-state index in [1.165, 1.54) is 103 Å². The van der Waals surface area contributed by atoms with Gasteiger partial charge in [0.2, 0.25) is 0 Å². The van der Waals surface area contributed by atoms with Gasteiger partial charge in [-0.05, 0) is 94.5 Å². The molecule has 0 fully saturated rings. The number of fused-ring (bicyclic) bond motifs is 9. The zero-order valence-electron chi connectivity index (χ0n) is 30.9. The van der Waals surface area contributed by atoms with Crippen LogP contribution in [0.4, 0.5) is 0 Å². The highest BCUT2D eigenvalue weighted by Crippen LogP contribution is 2.42.